The van der Waals surface area contributed by atoms with Crippen molar-refractivity contribution in [1.29, 1.82) is 0 Å². The minimum Gasteiger partial charge on any atom is -0.390 e. The first-order valence-electron chi connectivity index (χ1n) is 6.34. The number of rotatable bonds is 3. The Morgan fingerprint density at radius 1 is 1.26 bits per heavy atom. The lowest BCUT2D eigenvalue weighted by Crippen LogP contribution is -2.36. The van der Waals surface area contributed by atoms with Crippen molar-refractivity contribution in [2.75, 3.05) is 0 Å². The Labute approximate surface area is 119 Å². The molecule has 1 aromatic rings. The normalized spacial score (nSPS) is 23.2. The van der Waals surface area contributed by atoms with E-state index in [2.05, 4.69) is 15.9 Å². The zero-order valence-corrected chi connectivity index (χ0v) is 12.0. The van der Waals surface area contributed by atoms with Gasteiger partial charge >= 0.3 is 6.18 Å². The lowest BCUT2D eigenvalue weighted by atomic mass is 9.78. The van der Waals surface area contributed by atoms with Gasteiger partial charge in [-0.15, -0.1) is 0 Å². The van der Waals surface area contributed by atoms with Crippen LogP contribution in [0.25, 0.3) is 0 Å². The molecule has 0 heterocycles. The minimum atomic E-state index is -4.13. The first kappa shape index (κ1) is 14.9. The number of aliphatic hydroxyl groups is 1. The van der Waals surface area contributed by atoms with Crippen molar-refractivity contribution in [3.05, 3.63) is 33.8 Å². The molecule has 1 aromatic carbocycles. The number of aryl methyl sites for hydroxylation is 1. The zero-order chi connectivity index (χ0) is 14.1. The molecule has 0 saturated carbocycles. The first-order valence-corrected chi connectivity index (χ1v) is 7.13. The Morgan fingerprint density at radius 2 is 2.00 bits per heavy atom. The van der Waals surface area contributed by atoms with E-state index in [-0.39, 0.29) is 12.8 Å². The lowest BCUT2D eigenvalue weighted by molar-refractivity contribution is -0.138. The molecule has 0 aliphatic heterocycles. The van der Waals surface area contributed by atoms with Gasteiger partial charge in [-0.05, 0) is 48.9 Å². The maximum absolute atomic E-state index is 12.1. The SMILES string of the molecule is OC1(CCCC(F)(F)F)CCc2cc(Br)ccc2C1. The van der Waals surface area contributed by atoms with Crippen LogP contribution in [0, 0.1) is 0 Å². The summed E-state index contributed by atoms with van der Waals surface area (Å²) in [5.74, 6) is 0. The van der Waals surface area contributed by atoms with Gasteiger partial charge in [0.2, 0.25) is 0 Å². The fourth-order valence-electron chi connectivity index (χ4n) is 2.64. The molecule has 0 aromatic heterocycles. The van der Waals surface area contributed by atoms with E-state index in [4.69, 9.17) is 0 Å². The number of halogens is 4. The van der Waals surface area contributed by atoms with Crippen LogP contribution in [0.3, 0.4) is 0 Å². The van der Waals surface area contributed by atoms with Gasteiger partial charge in [0.25, 0.3) is 0 Å². The summed E-state index contributed by atoms with van der Waals surface area (Å²) >= 11 is 3.40. The third-order valence-corrected chi connectivity index (χ3v) is 4.14. The van der Waals surface area contributed by atoms with Crippen LogP contribution in [0.4, 0.5) is 13.2 Å². The van der Waals surface area contributed by atoms with E-state index in [1.165, 1.54) is 5.56 Å². The number of benzene rings is 1. The Hall–Kier alpha value is -0.550. The molecule has 0 amide bonds. The molecule has 1 nitrogen and oxygen atoms in total. The van der Waals surface area contributed by atoms with E-state index < -0.39 is 18.2 Å². The molecule has 19 heavy (non-hydrogen) atoms. The number of hydrogen-bond donors (Lipinski definition) is 1. The summed E-state index contributed by atoms with van der Waals surface area (Å²) in [4.78, 5) is 0. The van der Waals surface area contributed by atoms with Crippen LogP contribution >= 0.6 is 15.9 Å². The molecule has 2 rings (SSSR count). The molecule has 5 heteroatoms. The van der Waals surface area contributed by atoms with Crippen LogP contribution in [-0.2, 0) is 12.8 Å². The van der Waals surface area contributed by atoms with Gasteiger partial charge in [0.1, 0.15) is 0 Å². The molecule has 1 N–H and O–H groups in total. The Bertz CT molecular complexity index is 458. The standard InChI is InChI=1S/C14H16BrF3O/c15-12-3-2-11-9-13(19,7-4-10(11)8-12)5-1-6-14(16,17)18/h2-3,8,19H,1,4-7,9H2. The van der Waals surface area contributed by atoms with Crippen LogP contribution in [0.15, 0.2) is 22.7 Å². The Balaban J connectivity index is 1.98. The average molecular weight is 337 g/mol. The summed E-state index contributed by atoms with van der Waals surface area (Å²) in [7, 11) is 0. The van der Waals surface area contributed by atoms with Crippen LogP contribution in [0.1, 0.15) is 36.8 Å². The van der Waals surface area contributed by atoms with Gasteiger partial charge in [0.05, 0.1) is 5.60 Å². The van der Waals surface area contributed by atoms with E-state index in [0.29, 0.717) is 12.8 Å². The number of alkyl halides is 3. The highest BCUT2D eigenvalue weighted by atomic mass is 79.9. The number of fused-ring (bicyclic) bond motifs is 1. The predicted molar refractivity (Wildman–Crippen MR) is 71.0 cm³/mol. The molecule has 1 aliphatic carbocycles. The molecular weight excluding hydrogens is 321 g/mol. The molecule has 1 aliphatic rings. The molecular formula is C14H16BrF3O. The van der Waals surface area contributed by atoms with Crippen molar-refractivity contribution in [2.24, 2.45) is 0 Å². The monoisotopic (exact) mass is 336 g/mol. The molecule has 0 saturated heterocycles. The smallest absolute Gasteiger partial charge is 0.389 e. The second-order valence-electron chi connectivity index (χ2n) is 5.28. The van der Waals surface area contributed by atoms with Gasteiger partial charge in [-0.1, -0.05) is 22.0 Å². The molecule has 1 atom stereocenters. The van der Waals surface area contributed by atoms with Crippen molar-refractivity contribution in [3.8, 4) is 0 Å². The van der Waals surface area contributed by atoms with Crippen molar-refractivity contribution < 1.29 is 18.3 Å². The predicted octanol–water partition coefficient (Wildman–Crippen LogP) is 4.40. The number of hydrogen-bond acceptors (Lipinski definition) is 1. The quantitative estimate of drug-likeness (QED) is 0.867. The topological polar surface area (TPSA) is 20.2 Å². The fraction of sp³-hybridized carbons (Fsp3) is 0.571. The molecule has 0 fully saturated rings. The van der Waals surface area contributed by atoms with Crippen LogP contribution in [0.2, 0.25) is 0 Å². The van der Waals surface area contributed by atoms with Gasteiger partial charge in [-0.2, -0.15) is 13.2 Å². The van der Waals surface area contributed by atoms with Crippen LogP contribution < -0.4 is 0 Å². The Morgan fingerprint density at radius 3 is 2.68 bits per heavy atom. The fourth-order valence-corrected chi connectivity index (χ4v) is 3.05. The second kappa shape index (κ2) is 5.44. The summed E-state index contributed by atoms with van der Waals surface area (Å²) in [6.07, 6.45) is -3.04. The van der Waals surface area contributed by atoms with Crippen molar-refractivity contribution in [2.45, 2.75) is 50.3 Å². The minimum absolute atomic E-state index is 0.00807. The summed E-state index contributed by atoms with van der Waals surface area (Å²) in [5.41, 5.74) is 1.24. The highest BCUT2D eigenvalue weighted by Gasteiger charge is 2.34. The van der Waals surface area contributed by atoms with Crippen molar-refractivity contribution in [1.82, 2.24) is 0 Å². The zero-order valence-electron chi connectivity index (χ0n) is 10.4. The van der Waals surface area contributed by atoms with E-state index in [0.717, 1.165) is 16.5 Å². The average Bonchev–Trinajstić information content (AvgIpc) is 2.28. The summed E-state index contributed by atoms with van der Waals surface area (Å²) in [6, 6.07) is 5.86. The Kier molecular flexibility index (Phi) is 4.26. The third-order valence-electron chi connectivity index (χ3n) is 3.65. The molecule has 106 valence electrons. The van der Waals surface area contributed by atoms with Gasteiger partial charge in [-0.3, -0.25) is 0 Å². The largest absolute Gasteiger partial charge is 0.390 e. The first-order chi connectivity index (χ1) is 8.77. The summed E-state index contributed by atoms with van der Waals surface area (Å²) < 4.78 is 37.4. The van der Waals surface area contributed by atoms with Crippen molar-refractivity contribution >= 4 is 15.9 Å². The molecule has 0 bridgehead atoms. The summed E-state index contributed by atoms with van der Waals surface area (Å²) in [6.45, 7) is 0. The van der Waals surface area contributed by atoms with Gasteiger partial charge < -0.3 is 5.11 Å². The highest BCUT2D eigenvalue weighted by Crippen LogP contribution is 2.35. The lowest BCUT2D eigenvalue weighted by Gasteiger charge is -2.34. The van der Waals surface area contributed by atoms with Crippen LogP contribution in [-0.4, -0.2) is 16.9 Å². The van der Waals surface area contributed by atoms with E-state index >= 15 is 0 Å². The van der Waals surface area contributed by atoms with Gasteiger partial charge in [-0.25, -0.2) is 0 Å². The maximum Gasteiger partial charge on any atom is 0.389 e. The molecule has 1 unspecified atom stereocenters. The van der Waals surface area contributed by atoms with Crippen molar-refractivity contribution in [3.63, 3.8) is 0 Å². The molecule has 0 radical (unpaired) electrons. The highest BCUT2D eigenvalue weighted by molar-refractivity contribution is 9.10. The van der Waals surface area contributed by atoms with E-state index in [9.17, 15) is 18.3 Å². The van der Waals surface area contributed by atoms with Gasteiger partial charge in [0, 0.05) is 17.3 Å². The second-order valence-corrected chi connectivity index (χ2v) is 6.20. The van der Waals surface area contributed by atoms with Gasteiger partial charge in [0.15, 0.2) is 0 Å². The third kappa shape index (κ3) is 4.21. The maximum atomic E-state index is 12.1. The summed E-state index contributed by atoms with van der Waals surface area (Å²) in [5, 5.41) is 10.4. The molecule has 0 spiro atoms. The van der Waals surface area contributed by atoms with E-state index in [1.807, 2.05) is 18.2 Å². The van der Waals surface area contributed by atoms with E-state index in [1.54, 1.807) is 0 Å². The van der Waals surface area contributed by atoms with Crippen LogP contribution in [0.5, 0.6) is 0 Å².